The van der Waals surface area contributed by atoms with Gasteiger partial charge in [-0.05, 0) is 25.7 Å². The fraction of sp³-hybridized carbons (Fsp3) is 0.935. The number of phosphoric ester groups is 2. The van der Waals surface area contributed by atoms with Gasteiger partial charge in [-0.1, -0.05) is 387 Å². The molecule has 0 aromatic heterocycles. The summed E-state index contributed by atoms with van der Waals surface area (Å²) >= 11 is 0. The van der Waals surface area contributed by atoms with Crippen molar-refractivity contribution in [3.63, 3.8) is 0 Å². The van der Waals surface area contributed by atoms with E-state index in [1.807, 2.05) is 0 Å². The van der Waals surface area contributed by atoms with Crippen molar-refractivity contribution in [3.8, 4) is 0 Å². The Bertz CT molecular complexity index is 2210. The Morgan fingerprint density at radius 1 is 0.250 bits per heavy atom. The van der Waals surface area contributed by atoms with E-state index in [0.29, 0.717) is 25.7 Å². The Morgan fingerprint density at radius 3 is 0.658 bits per heavy atom. The summed E-state index contributed by atoms with van der Waals surface area (Å²) in [4.78, 5) is 102. The van der Waals surface area contributed by atoms with Crippen LogP contribution in [0, 0.1) is 0 Å². The summed E-state index contributed by atoms with van der Waals surface area (Å²) in [6.45, 7) is 5.93. The zero-order valence-corrected chi connectivity index (χ0v) is 83.4. The Labute approximate surface area is 775 Å². The average Bonchev–Trinajstić information content (AvgIpc) is 0.911. The molecule has 0 saturated heterocycles. The van der Waals surface area contributed by atoms with Crippen LogP contribution < -0.4 is 79.5 Å². The maximum absolute atomic E-state index is 13.0. The van der Waals surface area contributed by atoms with E-state index in [-0.39, 0.29) is 164 Å². The summed E-state index contributed by atoms with van der Waals surface area (Å²) in [6, 6.07) is 0. The predicted molar refractivity (Wildman–Crippen MR) is 468 cm³/mol. The summed E-state index contributed by atoms with van der Waals surface area (Å²) in [5.41, 5.74) is 0. The van der Waals surface area contributed by atoms with Crippen LogP contribution in [0.3, 0.4) is 0 Å². The maximum Gasteiger partial charge on any atom is 1.00 e. The van der Waals surface area contributed by atoms with Crippen molar-refractivity contribution < 1.29 is 163 Å². The van der Waals surface area contributed by atoms with Gasteiger partial charge in [0, 0.05) is 38.8 Å². The fourth-order valence-corrected chi connectivity index (χ4v) is 15.4. The number of carbonyl (C=O) groups is 6. The number of rotatable bonds is 97. The Hall–Kier alpha value is -1.12. The van der Waals surface area contributed by atoms with Crippen LogP contribution in [0.2, 0.25) is 0 Å². The minimum Gasteiger partial charge on any atom is -0.756 e. The molecular formula is C92H176N2Na2O22P2. The molecule has 24 nitrogen and oxygen atoms in total. The van der Waals surface area contributed by atoms with Crippen LogP contribution in [-0.2, 0) is 93.9 Å². The second-order valence-electron chi connectivity index (χ2n) is 32.6. The molecule has 0 heterocycles. The normalized spacial score (nSPS) is 12.9. The van der Waals surface area contributed by atoms with E-state index in [1.54, 1.807) is 0 Å². The molecule has 0 fully saturated rings. The van der Waals surface area contributed by atoms with Gasteiger partial charge in [-0.3, -0.25) is 37.9 Å². The zero-order chi connectivity index (χ0) is 86.1. The van der Waals surface area contributed by atoms with Gasteiger partial charge in [0.1, 0.15) is 26.4 Å². The van der Waals surface area contributed by atoms with Gasteiger partial charge >= 0.3 is 83.0 Å². The fourth-order valence-electron chi connectivity index (χ4n) is 13.9. The van der Waals surface area contributed by atoms with Crippen LogP contribution in [0.4, 0.5) is 0 Å². The molecule has 120 heavy (non-hydrogen) atoms. The smallest absolute Gasteiger partial charge is 0.756 e. The van der Waals surface area contributed by atoms with E-state index >= 15 is 0 Å². The van der Waals surface area contributed by atoms with Gasteiger partial charge in [0.25, 0.3) is 15.6 Å². The molecule has 4 atom stereocenters. The van der Waals surface area contributed by atoms with Crippen LogP contribution in [0.15, 0.2) is 0 Å². The molecule has 0 aliphatic rings. The molecule has 2 unspecified atom stereocenters. The van der Waals surface area contributed by atoms with Crippen molar-refractivity contribution in [1.82, 2.24) is 10.6 Å². The number of nitrogens with one attached hydrogen (secondary N) is 2. The molecule has 2 N–H and O–H groups in total. The summed E-state index contributed by atoms with van der Waals surface area (Å²) in [7, 11) is -9.87. The zero-order valence-electron chi connectivity index (χ0n) is 77.6. The average molecular weight is 1770 g/mol. The Balaban J connectivity index is -0.0000684. The van der Waals surface area contributed by atoms with E-state index in [4.69, 9.17) is 56.0 Å². The third kappa shape index (κ3) is 96.0. The number of carbonyl (C=O) groups excluding carboxylic acids is 6. The molecule has 0 aliphatic carbocycles. The number of phosphoric acid groups is 2. The van der Waals surface area contributed by atoms with Crippen molar-refractivity contribution >= 4 is 51.3 Å². The first-order chi connectivity index (χ1) is 57.6. The molecule has 2 amide bonds. The third-order valence-corrected chi connectivity index (χ3v) is 23.1. The topological polar surface area (TPSA) is 318 Å². The van der Waals surface area contributed by atoms with Crippen molar-refractivity contribution in [2.75, 3.05) is 106 Å². The monoisotopic (exact) mass is 1770 g/mol. The number of unbranched alkanes of at least 4 members (excludes halogenated alkanes) is 56. The van der Waals surface area contributed by atoms with Gasteiger partial charge in [0.05, 0.1) is 66.1 Å². The Morgan fingerprint density at radius 2 is 0.442 bits per heavy atom. The first-order valence-electron chi connectivity index (χ1n) is 48.3. The quantitative estimate of drug-likeness (QED) is 0.0188. The molecule has 0 rings (SSSR count). The number of esters is 4. The van der Waals surface area contributed by atoms with Crippen molar-refractivity contribution in [2.45, 2.75) is 451 Å². The standard InChI is InChI=1S/C92H178N2O22P2.2Na/c1-5-9-13-17-21-25-29-33-37-41-45-49-53-57-61-65-89(97)109-79-85(115-91(99)67-63-59-55-51-47-43-39-35-31-27-23-19-15-11-7-3)81-113-117(101,102)111-71-69-93-87(95)83-107-77-75-105-73-74-106-76-78-108-84-88(96)94-70-72-112-118(103,104)114-82-86(116-92(100)68-64-60-56-52-48-44-40-36-32-28-24-20-16-12-8-4)80-110-90(98)66-62-58-54-50-46-42-38-34-30-26-22-18-14-10-6-2;;/h85-86H,5-84H2,1-4H3,(H,93,95)(H,94,96)(H,101,102)(H,103,104);;/q;2*+1/p-2/t85-,86-;;/m1../s1. The molecule has 0 aromatic carbocycles. The van der Waals surface area contributed by atoms with Gasteiger partial charge in [-0.25, -0.2) is 0 Å². The molecule has 698 valence electrons. The van der Waals surface area contributed by atoms with E-state index in [9.17, 15) is 47.7 Å². The molecule has 0 bridgehead atoms. The summed E-state index contributed by atoms with van der Waals surface area (Å²) in [5.74, 6) is -3.05. The van der Waals surface area contributed by atoms with Gasteiger partial charge in [-0.2, -0.15) is 0 Å². The number of hydrogen-bond donors (Lipinski definition) is 2. The van der Waals surface area contributed by atoms with Crippen LogP contribution in [0.1, 0.15) is 439 Å². The minimum absolute atomic E-state index is 0. The Kier molecular flexibility index (Phi) is 99.4. The van der Waals surface area contributed by atoms with Gasteiger partial charge in [-0.15, -0.1) is 0 Å². The minimum atomic E-state index is -4.94. The van der Waals surface area contributed by atoms with Crippen LogP contribution in [0.5, 0.6) is 0 Å². The van der Waals surface area contributed by atoms with Crippen LogP contribution >= 0.6 is 15.6 Å². The second kappa shape index (κ2) is 97.0. The molecular weight excluding hydrogens is 1590 g/mol. The molecule has 0 radical (unpaired) electrons. The maximum atomic E-state index is 13.0. The van der Waals surface area contributed by atoms with Gasteiger partial charge in [0.2, 0.25) is 11.8 Å². The van der Waals surface area contributed by atoms with Crippen LogP contribution in [0.25, 0.3) is 0 Å². The predicted octanol–water partition coefficient (Wildman–Crippen LogP) is 16.3. The van der Waals surface area contributed by atoms with Crippen molar-refractivity contribution in [2.24, 2.45) is 0 Å². The van der Waals surface area contributed by atoms with E-state index in [2.05, 4.69) is 38.3 Å². The summed E-state index contributed by atoms with van der Waals surface area (Å²) in [5, 5.41) is 5.01. The van der Waals surface area contributed by atoms with Crippen LogP contribution in [-0.4, -0.2) is 153 Å². The van der Waals surface area contributed by atoms with Crippen molar-refractivity contribution in [3.05, 3.63) is 0 Å². The second-order valence-corrected chi connectivity index (χ2v) is 35.4. The van der Waals surface area contributed by atoms with E-state index < -0.39 is 90.0 Å². The van der Waals surface area contributed by atoms with E-state index in [1.165, 1.54) is 283 Å². The molecule has 28 heteroatoms. The molecule has 0 saturated carbocycles. The van der Waals surface area contributed by atoms with Crippen molar-refractivity contribution in [1.29, 1.82) is 0 Å². The van der Waals surface area contributed by atoms with Gasteiger partial charge in [0.15, 0.2) is 12.2 Å². The third-order valence-electron chi connectivity index (χ3n) is 21.2. The molecule has 0 aromatic rings. The molecule has 0 aliphatic heterocycles. The van der Waals surface area contributed by atoms with E-state index in [0.717, 1.165) is 77.0 Å². The first-order valence-corrected chi connectivity index (χ1v) is 51.2. The molecule has 0 spiro atoms. The number of ether oxygens (including phenoxy) is 8. The summed E-state index contributed by atoms with van der Waals surface area (Å²) in [6.07, 6.45) is 70.2. The summed E-state index contributed by atoms with van der Waals surface area (Å²) < 4.78 is 89.4. The van der Waals surface area contributed by atoms with Gasteiger partial charge < -0.3 is 76.4 Å². The largest absolute Gasteiger partial charge is 1.00 e. The SMILES string of the molecule is CCCCCCCCCCCCCCCCCC(=O)OC[C@H](COP(=O)([O-])OCCNC(=O)COCCOCCOCCOCC(=O)NCCOP(=O)([O-])OC[C@@H](COC(=O)CCCCCCCCCCCCCCCCC)OC(=O)CCCCCCCCCCCCCCCCC)OC(=O)CCCCCCCCCCCCCCCCC.[Na+].[Na+]. The first kappa shape index (κ1) is 123. The number of hydrogen-bond acceptors (Lipinski definition) is 22. The number of amides is 2.